The second-order valence-electron chi connectivity index (χ2n) is 7.72. The van der Waals surface area contributed by atoms with Crippen molar-refractivity contribution >= 4 is 17.8 Å². The smallest absolute Gasteiger partial charge is 0.325 e. The monoisotopic (exact) mass is 415 g/mol. The third-order valence-corrected chi connectivity index (χ3v) is 5.62. The minimum atomic E-state index is -0.755. The van der Waals surface area contributed by atoms with Crippen LogP contribution in [0.25, 0.3) is 11.7 Å². The van der Waals surface area contributed by atoms with Crippen LogP contribution in [0.5, 0.6) is 0 Å². The largest absolute Gasteiger partial charge is 0.459 e. The predicted molar refractivity (Wildman–Crippen MR) is 104 cm³/mol. The summed E-state index contributed by atoms with van der Waals surface area (Å²) in [6, 6.07) is 3.02. The fraction of sp³-hybridized carbons (Fsp3) is 0.550. The third kappa shape index (κ3) is 3.81. The molecule has 1 saturated heterocycles. The molecule has 0 atom stereocenters. The minimum absolute atomic E-state index is 0.0500. The molecule has 10 heteroatoms. The molecule has 4 amide bonds. The van der Waals surface area contributed by atoms with Crippen molar-refractivity contribution in [3.63, 3.8) is 0 Å². The molecule has 0 aromatic carbocycles. The van der Waals surface area contributed by atoms with Gasteiger partial charge in [-0.25, -0.2) is 4.79 Å². The second-order valence-corrected chi connectivity index (χ2v) is 7.72. The van der Waals surface area contributed by atoms with E-state index in [1.54, 1.807) is 17.0 Å². The maximum atomic E-state index is 12.8. The summed E-state index contributed by atoms with van der Waals surface area (Å²) in [4.78, 5) is 40.6. The highest BCUT2D eigenvalue weighted by atomic mass is 16.4. The Balaban J connectivity index is 1.37. The van der Waals surface area contributed by atoms with E-state index < -0.39 is 11.6 Å². The summed E-state index contributed by atoms with van der Waals surface area (Å²) in [5.74, 6) is 0.618. The van der Waals surface area contributed by atoms with Crippen molar-refractivity contribution in [3.05, 3.63) is 24.3 Å². The Hall–Kier alpha value is -3.17. The van der Waals surface area contributed by atoms with Gasteiger partial charge < -0.3 is 19.1 Å². The first-order valence-corrected chi connectivity index (χ1v) is 10.3. The lowest BCUT2D eigenvalue weighted by Gasteiger charge is -2.22. The molecular weight excluding hydrogens is 390 g/mol. The number of imide groups is 1. The van der Waals surface area contributed by atoms with Crippen LogP contribution in [0.4, 0.5) is 4.79 Å². The number of rotatable bonds is 8. The number of carbonyl (C=O) groups excluding carboxylic acids is 3. The molecule has 4 rings (SSSR count). The zero-order chi connectivity index (χ0) is 21.1. The molecule has 0 radical (unpaired) electrons. The summed E-state index contributed by atoms with van der Waals surface area (Å²) >= 11 is 0. The summed E-state index contributed by atoms with van der Waals surface area (Å²) in [6.45, 7) is 2.68. The Morgan fingerprint density at radius 2 is 2.10 bits per heavy atom. The van der Waals surface area contributed by atoms with Gasteiger partial charge in [-0.05, 0) is 31.4 Å². The van der Waals surface area contributed by atoms with E-state index in [9.17, 15) is 14.4 Å². The van der Waals surface area contributed by atoms with E-state index in [-0.39, 0.29) is 37.2 Å². The highest BCUT2D eigenvalue weighted by Gasteiger charge is 2.52. The van der Waals surface area contributed by atoms with Crippen LogP contribution in [0.2, 0.25) is 0 Å². The fourth-order valence-electron chi connectivity index (χ4n) is 4.10. The Labute approximate surface area is 173 Å². The summed E-state index contributed by atoms with van der Waals surface area (Å²) in [5, 5.41) is 10.8. The molecule has 1 spiro atoms. The van der Waals surface area contributed by atoms with Crippen LogP contribution in [-0.4, -0.2) is 56.5 Å². The number of nitrogens with zero attached hydrogens (tertiary/aromatic N) is 4. The fourth-order valence-corrected chi connectivity index (χ4v) is 4.10. The van der Waals surface area contributed by atoms with Gasteiger partial charge in [0.1, 0.15) is 5.54 Å². The number of urea groups is 1. The van der Waals surface area contributed by atoms with Crippen LogP contribution in [-0.2, 0) is 16.1 Å². The number of furan rings is 1. The van der Waals surface area contributed by atoms with Crippen LogP contribution in [0, 0.1) is 0 Å². The third-order valence-electron chi connectivity index (χ3n) is 5.62. The van der Waals surface area contributed by atoms with Crippen molar-refractivity contribution in [2.24, 2.45) is 0 Å². The van der Waals surface area contributed by atoms with E-state index in [0.717, 1.165) is 19.3 Å². The van der Waals surface area contributed by atoms with E-state index >= 15 is 0 Å². The van der Waals surface area contributed by atoms with Crippen molar-refractivity contribution in [3.8, 4) is 11.7 Å². The molecule has 1 N–H and O–H groups in total. The average molecular weight is 415 g/mol. The molecule has 3 heterocycles. The molecule has 2 aromatic heterocycles. The van der Waals surface area contributed by atoms with Crippen LogP contribution < -0.4 is 5.32 Å². The highest BCUT2D eigenvalue weighted by Crippen LogP contribution is 2.35. The Bertz CT molecular complexity index is 916. The van der Waals surface area contributed by atoms with Gasteiger partial charge >= 0.3 is 6.03 Å². The maximum absolute atomic E-state index is 12.8. The maximum Gasteiger partial charge on any atom is 0.325 e. The lowest BCUT2D eigenvalue weighted by atomic mass is 9.98. The van der Waals surface area contributed by atoms with E-state index in [1.165, 1.54) is 11.2 Å². The van der Waals surface area contributed by atoms with Crippen LogP contribution in [0.15, 0.2) is 27.2 Å². The summed E-state index contributed by atoms with van der Waals surface area (Å²) in [6.07, 6.45) is 5.49. The van der Waals surface area contributed by atoms with Crippen LogP contribution in [0.1, 0.15) is 51.3 Å². The summed E-state index contributed by atoms with van der Waals surface area (Å²) < 4.78 is 10.8. The van der Waals surface area contributed by atoms with E-state index in [2.05, 4.69) is 15.5 Å². The molecule has 160 valence electrons. The molecule has 2 aromatic rings. The normalized spacial score (nSPS) is 17.7. The van der Waals surface area contributed by atoms with Gasteiger partial charge in [0.25, 0.3) is 11.8 Å². The SMILES string of the molecule is CCCN(Cc1nnc(-c2ccco2)o1)C(=O)CCN1C(=O)NC2(CCCC2)C1=O. The van der Waals surface area contributed by atoms with E-state index in [0.29, 0.717) is 31.0 Å². The number of hydrogen-bond donors (Lipinski definition) is 1. The van der Waals surface area contributed by atoms with Crippen molar-refractivity contribution in [1.82, 2.24) is 25.3 Å². The molecular formula is C20H25N5O5. The van der Waals surface area contributed by atoms with Crippen molar-refractivity contribution in [1.29, 1.82) is 0 Å². The molecule has 10 nitrogen and oxygen atoms in total. The first-order valence-electron chi connectivity index (χ1n) is 10.3. The van der Waals surface area contributed by atoms with Crippen molar-refractivity contribution < 1.29 is 23.2 Å². The zero-order valence-electron chi connectivity index (χ0n) is 16.9. The first-order chi connectivity index (χ1) is 14.5. The Morgan fingerprint density at radius 3 is 2.80 bits per heavy atom. The summed E-state index contributed by atoms with van der Waals surface area (Å²) in [7, 11) is 0. The highest BCUT2D eigenvalue weighted by molar-refractivity contribution is 6.07. The van der Waals surface area contributed by atoms with Gasteiger partial charge in [-0.3, -0.25) is 14.5 Å². The molecule has 1 aliphatic carbocycles. The van der Waals surface area contributed by atoms with Gasteiger partial charge in [-0.1, -0.05) is 19.8 Å². The lowest BCUT2D eigenvalue weighted by molar-refractivity contribution is -0.134. The zero-order valence-corrected chi connectivity index (χ0v) is 16.9. The number of hydrogen-bond acceptors (Lipinski definition) is 7. The molecule has 2 fully saturated rings. The predicted octanol–water partition coefficient (Wildman–Crippen LogP) is 2.32. The van der Waals surface area contributed by atoms with E-state index in [4.69, 9.17) is 8.83 Å². The van der Waals surface area contributed by atoms with Crippen molar-refractivity contribution in [2.45, 2.75) is 57.5 Å². The molecule has 30 heavy (non-hydrogen) atoms. The summed E-state index contributed by atoms with van der Waals surface area (Å²) in [5.41, 5.74) is -0.755. The Morgan fingerprint density at radius 1 is 1.30 bits per heavy atom. The average Bonchev–Trinajstić information content (AvgIpc) is 3.51. The first kappa shape index (κ1) is 20.1. The van der Waals surface area contributed by atoms with Gasteiger partial charge in [-0.2, -0.15) is 0 Å². The van der Waals surface area contributed by atoms with Gasteiger partial charge in [0.05, 0.1) is 12.8 Å². The van der Waals surface area contributed by atoms with Gasteiger partial charge in [0.15, 0.2) is 5.76 Å². The Kier molecular flexibility index (Phi) is 5.56. The second kappa shape index (κ2) is 8.29. The molecule has 0 unspecified atom stereocenters. The van der Waals surface area contributed by atoms with Crippen LogP contribution in [0.3, 0.4) is 0 Å². The van der Waals surface area contributed by atoms with E-state index in [1.807, 2.05) is 6.92 Å². The van der Waals surface area contributed by atoms with Crippen LogP contribution >= 0.6 is 0 Å². The molecule has 1 aliphatic heterocycles. The number of amides is 4. The number of carbonyl (C=O) groups is 3. The quantitative estimate of drug-likeness (QED) is 0.657. The number of aromatic nitrogens is 2. The van der Waals surface area contributed by atoms with Gasteiger partial charge in [-0.15, -0.1) is 10.2 Å². The standard InChI is InChI=1S/C20H25N5O5/c1-2-10-24(13-15-22-23-17(30-15)14-6-5-12-29-14)16(26)7-11-25-18(27)20(21-19(25)28)8-3-4-9-20/h5-6,12H,2-4,7-11,13H2,1H3,(H,21,28). The molecule has 0 bridgehead atoms. The van der Waals surface area contributed by atoms with Gasteiger partial charge in [0.2, 0.25) is 11.8 Å². The van der Waals surface area contributed by atoms with Crippen molar-refractivity contribution in [2.75, 3.05) is 13.1 Å². The number of nitrogens with one attached hydrogen (secondary N) is 1. The molecule has 1 saturated carbocycles. The minimum Gasteiger partial charge on any atom is -0.459 e. The molecule has 2 aliphatic rings. The van der Waals surface area contributed by atoms with Gasteiger partial charge in [0, 0.05) is 19.5 Å². The topological polar surface area (TPSA) is 122 Å². The lowest BCUT2D eigenvalue weighted by Crippen LogP contribution is -2.44.